The minimum atomic E-state index is -0.768. The fourth-order valence-corrected chi connectivity index (χ4v) is 3.21. The average Bonchev–Trinajstić information content (AvgIpc) is 2.88. The van der Waals surface area contributed by atoms with Crippen molar-refractivity contribution in [1.29, 1.82) is 0 Å². The molecule has 0 radical (unpaired) electrons. The Labute approximate surface area is 126 Å². The Hall–Kier alpha value is -0.870. The molecule has 0 aliphatic carbocycles. The molecule has 0 saturated carbocycles. The molecule has 1 aromatic rings. The van der Waals surface area contributed by atoms with E-state index in [1.165, 1.54) is 12.0 Å². The van der Waals surface area contributed by atoms with Crippen LogP contribution in [-0.4, -0.2) is 18.2 Å². The highest BCUT2D eigenvalue weighted by molar-refractivity contribution is 7.12. The molecule has 114 valence electrons. The molecule has 0 saturated heterocycles. The fourth-order valence-electron chi connectivity index (χ4n) is 2.09. The van der Waals surface area contributed by atoms with E-state index in [1.807, 2.05) is 12.1 Å². The summed E-state index contributed by atoms with van der Waals surface area (Å²) in [4.78, 5) is 13.9. The Bertz CT molecular complexity index is 431. The lowest BCUT2D eigenvalue weighted by atomic mass is 9.94. The maximum Gasteiger partial charge on any atom is 0.311 e. The molecule has 1 N–H and O–H groups in total. The molecule has 2 atom stereocenters. The molecule has 0 aliphatic rings. The lowest BCUT2D eigenvalue weighted by Gasteiger charge is -2.20. The Morgan fingerprint density at radius 3 is 2.50 bits per heavy atom. The summed E-state index contributed by atoms with van der Waals surface area (Å²) in [6, 6.07) is 3.97. The first-order valence-corrected chi connectivity index (χ1v) is 7.99. The van der Waals surface area contributed by atoms with Gasteiger partial charge in [0, 0.05) is 9.75 Å². The van der Waals surface area contributed by atoms with Gasteiger partial charge in [-0.1, -0.05) is 40.5 Å². The Morgan fingerprint density at radius 2 is 2.05 bits per heavy atom. The monoisotopic (exact) mass is 298 g/mol. The SMILES string of the molecule is CCCCC(C(=O)OC)C(O)c1ccc(C(C)(C)C)s1. The van der Waals surface area contributed by atoms with Gasteiger partial charge in [0.25, 0.3) is 0 Å². The van der Waals surface area contributed by atoms with E-state index in [2.05, 4.69) is 27.7 Å². The summed E-state index contributed by atoms with van der Waals surface area (Å²) in [5.74, 6) is -0.789. The van der Waals surface area contributed by atoms with Gasteiger partial charge < -0.3 is 9.84 Å². The van der Waals surface area contributed by atoms with Gasteiger partial charge >= 0.3 is 5.97 Å². The summed E-state index contributed by atoms with van der Waals surface area (Å²) < 4.78 is 4.83. The van der Waals surface area contributed by atoms with Crippen molar-refractivity contribution in [3.8, 4) is 0 Å². The number of methoxy groups -OCH3 is 1. The van der Waals surface area contributed by atoms with E-state index >= 15 is 0 Å². The molecular formula is C16H26O3S. The second kappa shape index (κ2) is 7.23. The van der Waals surface area contributed by atoms with Crippen LogP contribution in [-0.2, 0) is 14.9 Å². The standard InChI is InChI=1S/C16H26O3S/c1-6-7-8-11(15(18)19-5)14(17)12-9-10-13(20-12)16(2,3)4/h9-11,14,17H,6-8H2,1-5H3. The van der Waals surface area contributed by atoms with Gasteiger partial charge in [0.2, 0.25) is 0 Å². The van der Waals surface area contributed by atoms with E-state index in [9.17, 15) is 9.90 Å². The zero-order valence-electron chi connectivity index (χ0n) is 13.1. The molecule has 2 unspecified atom stereocenters. The molecule has 1 aromatic heterocycles. The van der Waals surface area contributed by atoms with Crippen molar-refractivity contribution in [1.82, 2.24) is 0 Å². The molecule has 0 spiro atoms. The number of hydrogen-bond acceptors (Lipinski definition) is 4. The molecular weight excluding hydrogens is 272 g/mol. The fraction of sp³-hybridized carbons (Fsp3) is 0.688. The first-order valence-electron chi connectivity index (χ1n) is 7.17. The van der Waals surface area contributed by atoms with Crippen LogP contribution in [0.5, 0.6) is 0 Å². The average molecular weight is 298 g/mol. The van der Waals surface area contributed by atoms with Crippen LogP contribution in [0.15, 0.2) is 12.1 Å². The van der Waals surface area contributed by atoms with Gasteiger partial charge in [-0.05, 0) is 24.0 Å². The number of carbonyl (C=O) groups excluding carboxylic acids is 1. The number of ether oxygens (including phenoxy) is 1. The Kier molecular flexibility index (Phi) is 6.21. The van der Waals surface area contributed by atoms with E-state index in [0.717, 1.165) is 17.7 Å². The molecule has 0 fully saturated rings. The van der Waals surface area contributed by atoms with E-state index in [1.54, 1.807) is 11.3 Å². The van der Waals surface area contributed by atoms with Crippen molar-refractivity contribution in [2.24, 2.45) is 5.92 Å². The number of rotatable bonds is 6. The molecule has 0 aromatic carbocycles. The number of aliphatic hydroxyl groups excluding tert-OH is 1. The van der Waals surface area contributed by atoms with Crippen LogP contribution in [0.1, 0.15) is 62.8 Å². The van der Waals surface area contributed by atoms with Crippen LogP contribution >= 0.6 is 11.3 Å². The van der Waals surface area contributed by atoms with Crippen molar-refractivity contribution in [3.63, 3.8) is 0 Å². The number of hydrogen-bond donors (Lipinski definition) is 1. The normalized spacial score (nSPS) is 14.9. The van der Waals surface area contributed by atoms with Crippen molar-refractivity contribution in [3.05, 3.63) is 21.9 Å². The van der Waals surface area contributed by atoms with Crippen molar-refractivity contribution < 1.29 is 14.6 Å². The van der Waals surface area contributed by atoms with E-state index < -0.39 is 12.0 Å². The number of thiophene rings is 1. The van der Waals surface area contributed by atoms with Crippen LogP contribution in [0.4, 0.5) is 0 Å². The zero-order chi connectivity index (χ0) is 15.3. The predicted molar refractivity (Wildman–Crippen MR) is 83.0 cm³/mol. The molecule has 3 nitrogen and oxygen atoms in total. The smallest absolute Gasteiger partial charge is 0.311 e. The first-order chi connectivity index (χ1) is 9.31. The summed E-state index contributed by atoms with van der Waals surface area (Å²) in [7, 11) is 1.38. The van der Waals surface area contributed by atoms with Crippen molar-refractivity contribution in [2.75, 3.05) is 7.11 Å². The molecule has 4 heteroatoms. The highest BCUT2D eigenvalue weighted by atomic mass is 32.1. The van der Waals surface area contributed by atoms with Crippen molar-refractivity contribution in [2.45, 2.75) is 58.5 Å². The van der Waals surface area contributed by atoms with Gasteiger partial charge in [-0.25, -0.2) is 0 Å². The number of unbranched alkanes of at least 4 members (excludes halogenated alkanes) is 1. The lowest BCUT2D eigenvalue weighted by Crippen LogP contribution is -2.23. The van der Waals surface area contributed by atoms with Gasteiger partial charge in [0.05, 0.1) is 13.0 Å². The summed E-state index contributed by atoms with van der Waals surface area (Å²) in [6.07, 6.45) is 1.80. The summed E-state index contributed by atoms with van der Waals surface area (Å²) in [5.41, 5.74) is 0.0623. The first kappa shape index (κ1) is 17.2. The van der Waals surface area contributed by atoms with E-state index in [4.69, 9.17) is 4.74 Å². The quantitative estimate of drug-likeness (QED) is 0.806. The van der Waals surface area contributed by atoms with E-state index in [-0.39, 0.29) is 11.4 Å². The Morgan fingerprint density at radius 1 is 1.40 bits per heavy atom. The number of aliphatic hydroxyl groups is 1. The summed E-state index contributed by atoms with van der Waals surface area (Å²) in [6.45, 7) is 8.50. The third-order valence-corrected chi connectivity index (χ3v) is 4.99. The third-order valence-electron chi connectivity index (χ3n) is 3.41. The number of carbonyl (C=O) groups is 1. The number of esters is 1. The minimum Gasteiger partial charge on any atom is -0.469 e. The highest BCUT2D eigenvalue weighted by Gasteiger charge is 2.30. The van der Waals surface area contributed by atoms with Crippen LogP contribution in [0.25, 0.3) is 0 Å². The summed E-state index contributed by atoms with van der Waals surface area (Å²) in [5, 5.41) is 10.5. The van der Waals surface area contributed by atoms with E-state index in [0.29, 0.717) is 6.42 Å². The second-order valence-corrected chi connectivity index (χ2v) is 7.28. The molecule has 20 heavy (non-hydrogen) atoms. The Balaban J connectivity index is 2.91. The van der Waals surface area contributed by atoms with Crippen LogP contribution in [0.2, 0.25) is 0 Å². The highest BCUT2D eigenvalue weighted by Crippen LogP contribution is 2.36. The van der Waals surface area contributed by atoms with Gasteiger partial charge in [0.15, 0.2) is 0 Å². The largest absolute Gasteiger partial charge is 0.469 e. The molecule has 1 heterocycles. The van der Waals surface area contributed by atoms with Gasteiger partial charge in [0.1, 0.15) is 6.10 Å². The van der Waals surface area contributed by atoms with Gasteiger partial charge in [-0.3, -0.25) is 4.79 Å². The molecule has 0 aliphatic heterocycles. The second-order valence-electron chi connectivity index (χ2n) is 6.17. The topological polar surface area (TPSA) is 46.5 Å². The summed E-state index contributed by atoms with van der Waals surface area (Å²) >= 11 is 1.58. The predicted octanol–water partition coefficient (Wildman–Crippen LogP) is 4.06. The van der Waals surface area contributed by atoms with Crippen molar-refractivity contribution >= 4 is 17.3 Å². The molecule has 0 bridgehead atoms. The van der Waals surface area contributed by atoms with Gasteiger partial charge in [-0.15, -0.1) is 11.3 Å². The third kappa shape index (κ3) is 4.32. The van der Waals surface area contributed by atoms with Crippen LogP contribution in [0, 0.1) is 5.92 Å². The van der Waals surface area contributed by atoms with Crippen LogP contribution in [0.3, 0.4) is 0 Å². The van der Waals surface area contributed by atoms with Gasteiger partial charge in [-0.2, -0.15) is 0 Å². The maximum absolute atomic E-state index is 11.9. The maximum atomic E-state index is 11.9. The molecule has 0 amide bonds. The zero-order valence-corrected chi connectivity index (χ0v) is 13.9. The lowest BCUT2D eigenvalue weighted by molar-refractivity contribution is -0.150. The van der Waals surface area contributed by atoms with Crippen LogP contribution < -0.4 is 0 Å². The minimum absolute atomic E-state index is 0.0623. The molecule has 1 rings (SSSR count).